The monoisotopic (exact) mass is 307 g/mol. The Labute approximate surface area is 129 Å². The number of nitrogens with two attached hydrogens (primary N) is 1. The molecule has 0 radical (unpaired) electrons. The van der Waals surface area contributed by atoms with Crippen LogP contribution in [0.1, 0.15) is 35.2 Å². The molecular formula is C17H19ClFNO. The van der Waals surface area contributed by atoms with Gasteiger partial charge in [-0.15, -0.1) is 0 Å². The number of hydrogen-bond acceptors (Lipinski definition) is 2. The summed E-state index contributed by atoms with van der Waals surface area (Å²) in [5, 5.41) is 0.667. The zero-order valence-electron chi connectivity index (χ0n) is 12.6. The number of aryl methyl sites for hydroxylation is 3. The van der Waals surface area contributed by atoms with Crippen molar-refractivity contribution in [3.8, 4) is 11.5 Å². The van der Waals surface area contributed by atoms with Crippen molar-refractivity contribution < 1.29 is 9.13 Å². The average molecular weight is 308 g/mol. The van der Waals surface area contributed by atoms with Crippen LogP contribution in [0.5, 0.6) is 11.5 Å². The van der Waals surface area contributed by atoms with E-state index in [0.29, 0.717) is 21.9 Å². The van der Waals surface area contributed by atoms with E-state index in [1.165, 1.54) is 6.07 Å². The number of ether oxygens (including phenoxy) is 1. The van der Waals surface area contributed by atoms with Crippen LogP contribution in [-0.2, 0) is 0 Å². The van der Waals surface area contributed by atoms with Gasteiger partial charge >= 0.3 is 0 Å². The lowest BCUT2D eigenvalue weighted by Crippen LogP contribution is -2.08. The fourth-order valence-corrected chi connectivity index (χ4v) is 2.61. The maximum atomic E-state index is 13.7. The van der Waals surface area contributed by atoms with Crippen molar-refractivity contribution in [2.75, 3.05) is 0 Å². The topological polar surface area (TPSA) is 35.2 Å². The van der Waals surface area contributed by atoms with E-state index in [9.17, 15) is 4.39 Å². The van der Waals surface area contributed by atoms with Gasteiger partial charge in [-0.05, 0) is 68.7 Å². The van der Waals surface area contributed by atoms with Crippen LogP contribution in [0.3, 0.4) is 0 Å². The molecule has 0 bridgehead atoms. The minimum absolute atomic E-state index is 0.279. The molecule has 0 unspecified atom stereocenters. The highest BCUT2D eigenvalue weighted by Crippen LogP contribution is 2.35. The molecule has 0 saturated heterocycles. The maximum Gasteiger partial charge on any atom is 0.133 e. The summed E-state index contributed by atoms with van der Waals surface area (Å²) in [6.45, 7) is 7.36. The summed E-state index contributed by atoms with van der Waals surface area (Å²) in [5.41, 5.74) is 8.95. The van der Waals surface area contributed by atoms with Crippen LogP contribution in [0.2, 0.25) is 5.02 Å². The molecule has 112 valence electrons. The molecule has 0 spiro atoms. The molecule has 2 N–H and O–H groups in total. The van der Waals surface area contributed by atoms with Gasteiger partial charge in [0.1, 0.15) is 17.3 Å². The van der Waals surface area contributed by atoms with Crippen molar-refractivity contribution in [3.05, 3.63) is 57.4 Å². The van der Waals surface area contributed by atoms with Gasteiger partial charge < -0.3 is 10.5 Å². The Hall–Kier alpha value is -1.58. The quantitative estimate of drug-likeness (QED) is 0.844. The summed E-state index contributed by atoms with van der Waals surface area (Å²) < 4.78 is 19.8. The second-order valence-corrected chi connectivity index (χ2v) is 5.84. The summed E-state index contributed by atoms with van der Waals surface area (Å²) in [6.07, 6.45) is 0. The van der Waals surface area contributed by atoms with Crippen LogP contribution >= 0.6 is 11.6 Å². The molecule has 2 aromatic rings. The molecule has 2 rings (SSSR count). The summed E-state index contributed by atoms with van der Waals surface area (Å²) >= 11 is 6.03. The van der Waals surface area contributed by atoms with Gasteiger partial charge in [0, 0.05) is 16.6 Å². The highest BCUT2D eigenvalue weighted by Gasteiger charge is 2.15. The molecule has 0 amide bonds. The fourth-order valence-electron chi connectivity index (χ4n) is 2.28. The van der Waals surface area contributed by atoms with Gasteiger partial charge in [-0.3, -0.25) is 0 Å². The molecule has 2 aromatic carbocycles. The van der Waals surface area contributed by atoms with Crippen LogP contribution in [0, 0.1) is 26.6 Å². The van der Waals surface area contributed by atoms with Crippen molar-refractivity contribution in [2.45, 2.75) is 33.7 Å². The first-order chi connectivity index (χ1) is 9.79. The predicted molar refractivity (Wildman–Crippen MR) is 84.7 cm³/mol. The molecule has 4 heteroatoms. The first-order valence-electron chi connectivity index (χ1n) is 6.79. The molecule has 21 heavy (non-hydrogen) atoms. The van der Waals surface area contributed by atoms with E-state index in [2.05, 4.69) is 0 Å². The van der Waals surface area contributed by atoms with E-state index in [1.807, 2.05) is 26.0 Å². The Morgan fingerprint density at radius 1 is 1.05 bits per heavy atom. The first kappa shape index (κ1) is 15.8. The van der Waals surface area contributed by atoms with Crippen molar-refractivity contribution in [1.82, 2.24) is 0 Å². The third-order valence-corrected chi connectivity index (χ3v) is 3.64. The minimum atomic E-state index is -0.317. The number of benzene rings is 2. The van der Waals surface area contributed by atoms with Crippen LogP contribution in [0.4, 0.5) is 4.39 Å². The van der Waals surface area contributed by atoms with Crippen LogP contribution in [-0.4, -0.2) is 0 Å². The first-order valence-corrected chi connectivity index (χ1v) is 7.17. The van der Waals surface area contributed by atoms with E-state index in [4.69, 9.17) is 22.1 Å². The van der Waals surface area contributed by atoms with Gasteiger partial charge in [0.15, 0.2) is 0 Å². The summed E-state index contributed by atoms with van der Waals surface area (Å²) in [7, 11) is 0. The molecule has 0 aliphatic rings. The fraction of sp³-hybridized carbons (Fsp3) is 0.294. The standard InChI is InChI=1S/C17H19ClFNO/c1-9-7-16(14(12(4)20)8-15(9)19)21-17-10(2)5-13(18)6-11(17)3/h5-8,12H,20H2,1-4H3/t12-/m1/s1. The Kier molecular flexibility index (Phi) is 4.55. The molecule has 1 atom stereocenters. The SMILES string of the molecule is Cc1cc(Oc2c(C)cc(Cl)cc2C)c([C@@H](C)N)cc1F. The predicted octanol–water partition coefficient (Wildman–Crippen LogP) is 5.22. The largest absolute Gasteiger partial charge is 0.456 e. The van der Waals surface area contributed by atoms with Crippen LogP contribution < -0.4 is 10.5 Å². The van der Waals surface area contributed by atoms with Crippen molar-refractivity contribution in [1.29, 1.82) is 0 Å². The smallest absolute Gasteiger partial charge is 0.133 e. The highest BCUT2D eigenvalue weighted by molar-refractivity contribution is 6.30. The normalized spacial score (nSPS) is 12.3. The maximum absolute atomic E-state index is 13.7. The molecular weight excluding hydrogens is 289 g/mol. The Morgan fingerprint density at radius 3 is 2.14 bits per heavy atom. The second-order valence-electron chi connectivity index (χ2n) is 5.40. The zero-order chi connectivity index (χ0) is 15.7. The highest BCUT2D eigenvalue weighted by atomic mass is 35.5. The van der Waals surface area contributed by atoms with Gasteiger partial charge in [0.05, 0.1) is 0 Å². The van der Waals surface area contributed by atoms with Gasteiger partial charge in [-0.2, -0.15) is 0 Å². The van der Waals surface area contributed by atoms with Gasteiger partial charge in [-0.25, -0.2) is 4.39 Å². The Balaban J connectivity index is 2.51. The van der Waals surface area contributed by atoms with E-state index in [1.54, 1.807) is 19.9 Å². The average Bonchev–Trinajstić information content (AvgIpc) is 2.37. The van der Waals surface area contributed by atoms with Crippen molar-refractivity contribution in [2.24, 2.45) is 5.73 Å². The molecule has 0 heterocycles. The van der Waals surface area contributed by atoms with Gasteiger partial charge in [0.25, 0.3) is 0 Å². The lowest BCUT2D eigenvalue weighted by molar-refractivity contribution is 0.461. The molecule has 0 saturated carbocycles. The summed E-state index contributed by atoms with van der Waals surface area (Å²) in [4.78, 5) is 0. The lowest BCUT2D eigenvalue weighted by Gasteiger charge is -2.18. The lowest BCUT2D eigenvalue weighted by atomic mass is 10.0. The molecule has 0 aliphatic carbocycles. The van der Waals surface area contributed by atoms with E-state index in [-0.39, 0.29) is 11.9 Å². The summed E-state index contributed by atoms with van der Waals surface area (Å²) in [5.74, 6) is 1.03. The van der Waals surface area contributed by atoms with Crippen molar-refractivity contribution in [3.63, 3.8) is 0 Å². The number of rotatable bonds is 3. The number of halogens is 2. The Bertz CT molecular complexity index is 660. The molecule has 0 aliphatic heterocycles. The van der Waals surface area contributed by atoms with Crippen molar-refractivity contribution >= 4 is 11.6 Å². The minimum Gasteiger partial charge on any atom is -0.456 e. The van der Waals surface area contributed by atoms with Crippen LogP contribution in [0.25, 0.3) is 0 Å². The Morgan fingerprint density at radius 2 is 1.62 bits per heavy atom. The van der Waals surface area contributed by atoms with E-state index in [0.717, 1.165) is 16.9 Å². The second kappa shape index (κ2) is 6.04. The molecule has 0 aromatic heterocycles. The van der Waals surface area contributed by atoms with E-state index >= 15 is 0 Å². The van der Waals surface area contributed by atoms with Crippen LogP contribution in [0.15, 0.2) is 24.3 Å². The summed E-state index contributed by atoms with van der Waals surface area (Å²) in [6, 6.07) is 6.48. The van der Waals surface area contributed by atoms with Gasteiger partial charge in [0.2, 0.25) is 0 Å². The van der Waals surface area contributed by atoms with E-state index < -0.39 is 0 Å². The number of hydrogen-bond donors (Lipinski definition) is 1. The zero-order valence-corrected chi connectivity index (χ0v) is 13.4. The third kappa shape index (κ3) is 3.36. The molecule has 0 fully saturated rings. The third-order valence-electron chi connectivity index (χ3n) is 3.42. The molecule has 2 nitrogen and oxygen atoms in total. The van der Waals surface area contributed by atoms with Gasteiger partial charge in [-0.1, -0.05) is 11.6 Å².